The number of aryl methyl sites for hydroxylation is 1. The molecular formula is C17H21BrN2O. The van der Waals surface area contributed by atoms with E-state index in [1.165, 1.54) is 5.56 Å². The van der Waals surface area contributed by atoms with E-state index in [-0.39, 0.29) is 0 Å². The molecule has 0 atom stereocenters. The van der Waals surface area contributed by atoms with Crippen LogP contribution in [0.5, 0.6) is 5.75 Å². The van der Waals surface area contributed by atoms with Gasteiger partial charge in [-0.3, -0.25) is 0 Å². The van der Waals surface area contributed by atoms with Crippen molar-refractivity contribution in [3.8, 4) is 5.75 Å². The molecule has 4 heteroatoms. The molecule has 0 aliphatic rings. The van der Waals surface area contributed by atoms with Crippen LogP contribution in [0, 0.1) is 6.92 Å². The number of benzene rings is 2. The van der Waals surface area contributed by atoms with Crippen molar-refractivity contribution in [1.82, 2.24) is 0 Å². The lowest BCUT2D eigenvalue weighted by Crippen LogP contribution is -2.08. The summed E-state index contributed by atoms with van der Waals surface area (Å²) in [5.74, 6) is 0.909. The Hall–Kier alpha value is -1.68. The van der Waals surface area contributed by atoms with Crippen LogP contribution in [-0.2, 0) is 0 Å². The summed E-state index contributed by atoms with van der Waals surface area (Å²) in [7, 11) is 0. The minimum absolute atomic E-state index is 0.777. The van der Waals surface area contributed by atoms with E-state index >= 15 is 0 Å². The first-order valence-electron chi connectivity index (χ1n) is 7.20. The fraction of sp³-hybridized carbons (Fsp3) is 0.294. The van der Waals surface area contributed by atoms with Gasteiger partial charge in [0.15, 0.2) is 0 Å². The van der Waals surface area contributed by atoms with Crippen molar-refractivity contribution in [2.24, 2.45) is 0 Å². The van der Waals surface area contributed by atoms with Gasteiger partial charge in [0.05, 0.1) is 18.0 Å². The molecule has 3 nitrogen and oxygen atoms in total. The highest BCUT2D eigenvalue weighted by molar-refractivity contribution is 9.10. The Morgan fingerprint density at radius 1 is 1.00 bits per heavy atom. The lowest BCUT2D eigenvalue weighted by atomic mass is 10.2. The van der Waals surface area contributed by atoms with Crippen molar-refractivity contribution >= 4 is 27.3 Å². The van der Waals surface area contributed by atoms with Crippen molar-refractivity contribution in [3.63, 3.8) is 0 Å². The Morgan fingerprint density at radius 2 is 1.67 bits per heavy atom. The van der Waals surface area contributed by atoms with Gasteiger partial charge >= 0.3 is 0 Å². The molecule has 0 aliphatic carbocycles. The van der Waals surface area contributed by atoms with E-state index in [1.54, 1.807) is 0 Å². The molecule has 2 aromatic carbocycles. The van der Waals surface area contributed by atoms with Crippen LogP contribution in [-0.4, -0.2) is 6.61 Å². The average molecular weight is 349 g/mol. The van der Waals surface area contributed by atoms with Crippen LogP contribution in [0.25, 0.3) is 0 Å². The maximum Gasteiger partial charge on any atom is 0.119 e. The third-order valence-corrected chi connectivity index (χ3v) is 4.00. The fourth-order valence-electron chi connectivity index (χ4n) is 1.78. The third-order valence-electron chi connectivity index (χ3n) is 3.14. The molecule has 2 N–H and O–H groups in total. The minimum atomic E-state index is 0.777. The second kappa shape index (κ2) is 7.93. The highest BCUT2D eigenvalue weighted by Gasteiger charge is 1.98. The maximum absolute atomic E-state index is 5.64. The van der Waals surface area contributed by atoms with Gasteiger partial charge in [-0.15, -0.1) is 0 Å². The lowest BCUT2D eigenvalue weighted by Gasteiger charge is -2.11. The molecule has 0 fully saturated rings. The highest BCUT2D eigenvalue weighted by Crippen LogP contribution is 2.21. The van der Waals surface area contributed by atoms with E-state index in [4.69, 9.17) is 4.74 Å². The van der Waals surface area contributed by atoms with Gasteiger partial charge in [-0.2, -0.15) is 0 Å². The van der Waals surface area contributed by atoms with Gasteiger partial charge in [0, 0.05) is 4.47 Å². The van der Waals surface area contributed by atoms with Crippen molar-refractivity contribution < 1.29 is 4.74 Å². The van der Waals surface area contributed by atoms with Gasteiger partial charge in [0.2, 0.25) is 0 Å². The van der Waals surface area contributed by atoms with Crippen LogP contribution in [0.4, 0.5) is 11.4 Å². The first kappa shape index (κ1) is 15.7. The smallest absolute Gasteiger partial charge is 0.119 e. The van der Waals surface area contributed by atoms with E-state index in [0.29, 0.717) is 0 Å². The number of rotatable bonds is 7. The second-order valence-electron chi connectivity index (χ2n) is 4.94. The first-order valence-corrected chi connectivity index (χ1v) is 7.99. The standard InChI is InChI=1S/C17H21BrN2O/c1-3-4-11-21-16-9-7-14(8-10-16)19-20-15-6-5-13(2)17(18)12-15/h5-10,12,19-20H,3-4,11H2,1-2H3. The Kier molecular flexibility index (Phi) is 5.93. The molecule has 0 saturated carbocycles. The highest BCUT2D eigenvalue weighted by atomic mass is 79.9. The fourth-order valence-corrected chi connectivity index (χ4v) is 2.16. The predicted octanol–water partition coefficient (Wildman–Crippen LogP) is 5.38. The number of nitrogens with one attached hydrogen (secondary N) is 2. The molecule has 0 aromatic heterocycles. The summed E-state index contributed by atoms with van der Waals surface area (Å²) in [5, 5.41) is 0. The average Bonchev–Trinajstić information content (AvgIpc) is 2.50. The maximum atomic E-state index is 5.64. The zero-order valence-electron chi connectivity index (χ0n) is 12.4. The Bertz CT molecular complexity index is 570. The number of hydrogen-bond donors (Lipinski definition) is 2. The number of hydrogen-bond acceptors (Lipinski definition) is 3. The quantitative estimate of drug-likeness (QED) is 0.520. The van der Waals surface area contributed by atoms with Crippen LogP contribution in [0.3, 0.4) is 0 Å². The molecule has 112 valence electrons. The molecule has 21 heavy (non-hydrogen) atoms. The van der Waals surface area contributed by atoms with E-state index in [0.717, 1.165) is 41.0 Å². The van der Waals surface area contributed by atoms with Gasteiger partial charge in [-0.05, 0) is 55.3 Å². The van der Waals surface area contributed by atoms with Crippen molar-refractivity contribution in [3.05, 3.63) is 52.5 Å². The summed E-state index contributed by atoms with van der Waals surface area (Å²) in [6, 6.07) is 14.1. The number of anilines is 2. The summed E-state index contributed by atoms with van der Waals surface area (Å²) in [5.41, 5.74) is 9.58. The van der Waals surface area contributed by atoms with Crippen LogP contribution >= 0.6 is 15.9 Å². The van der Waals surface area contributed by atoms with Crippen LogP contribution in [0.1, 0.15) is 25.3 Å². The molecule has 0 saturated heterocycles. The van der Waals surface area contributed by atoms with Gasteiger partial charge < -0.3 is 15.6 Å². The minimum Gasteiger partial charge on any atom is -0.494 e. The van der Waals surface area contributed by atoms with Gasteiger partial charge in [0.1, 0.15) is 5.75 Å². The van der Waals surface area contributed by atoms with Gasteiger partial charge in [-0.25, -0.2) is 0 Å². The Morgan fingerprint density at radius 3 is 2.33 bits per heavy atom. The van der Waals surface area contributed by atoms with E-state index in [2.05, 4.69) is 46.7 Å². The normalized spacial score (nSPS) is 10.2. The van der Waals surface area contributed by atoms with Crippen LogP contribution < -0.4 is 15.6 Å². The second-order valence-corrected chi connectivity index (χ2v) is 5.79. The van der Waals surface area contributed by atoms with Crippen molar-refractivity contribution in [1.29, 1.82) is 0 Å². The Balaban J connectivity index is 1.86. The topological polar surface area (TPSA) is 33.3 Å². The van der Waals surface area contributed by atoms with E-state index in [9.17, 15) is 0 Å². The molecule has 0 amide bonds. The summed E-state index contributed by atoms with van der Waals surface area (Å²) >= 11 is 3.53. The first-order chi connectivity index (χ1) is 10.2. The predicted molar refractivity (Wildman–Crippen MR) is 93.0 cm³/mol. The van der Waals surface area contributed by atoms with Crippen molar-refractivity contribution in [2.45, 2.75) is 26.7 Å². The summed E-state index contributed by atoms with van der Waals surface area (Å²) in [6.45, 7) is 5.00. The van der Waals surface area contributed by atoms with Gasteiger partial charge in [0.25, 0.3) is 0 Å². The molecule has 0 aliphatic heterocycles. The molecule has 2 aromatic rings. The molecule has 2 rings (SSSR count). The monoisotopic (exact) mass is 348 g/mol. The number of ether oxygens (including phenoxy) is 1. The SMILES string of the molecule is CCCCOc1ccc(NNc2ccc(C)c(Br)c2)cc1. The zero-order chi connectivity index (χ0) is 15.1. The van der Waals surface area contributed by atoms with Crippen LogP contribution in [0.2, 0.25) is 0 Å². The molecule has 0 unspecified atom stereocenters. The number of halogens is 1. The molecule has 0 radical (unpaired) electrons. The number of unbranched alkanes of at least 4 members (excludes halogenated alkanes) is 1. The molecule has 0 bridgehead atoms. The van der Waals surface area contributed by atoms with Crippen LogP contribution in [0.15, 0.2) is 46.9 Å². The number of hydrazine groups is 1. The largest absolute Gasteiger partial charge is 0.494 e. The Labute approximate surface area is 134 Å². The van der Waals surface area contributed by atoms with Crippen molar-refractivity contribution in [2.75, 3.05) is 17.5 Å². The van der Waals surface area contributed by atoms with E-state index in [1.807, 2.05) is 36.4 Å². The lowest BCUT2D eigenvalue weighted by molar-refractivity contribution is 0.309. The van der Waals surface area contributed by atoms with Gasteiger partial charge in [-0.1, -0.05) is 35.3 Å². The molecule has 0 spiro atoms. The summed E-state index contributed by atoms with van der Waals surface area (Å²) < 4.78 is 6.73. The summed E-state index contributed by atoms with van der Waals surface area (Å²) in [4.78, 5) is 0. The summed E-state index contributed by atoms with van der Waals surface area (Å²) in [6.07, 6.45) is 2.24. The van der Waals surface area contributed by atoms with E-state index < -0.39 is 0 Å². The third kappa shape index (κ3) is 4.97. The molecular weight excluding hydrogens is 328 g/mol. The molecule has 0 heterocycles. The zero-order valence-corrected chi connectivity index (χ0v) is 14.0.